The van der Waals surface area contributed by atoms with Crippen LogP contribution in [0.1, 0.15) is 46.0 Å². The highest BCUT2D eigenvalue weighted by atomic mass is 16.3. The molecule has 0 amide bonds. The summed E-state index contributed by atoms with van der Waals surface area (Å²) >= 11 is 0. The molecule has 0 aromatic carbocycles. The van der Waals surface area contributed by atoms with Crippen LogP contribution in [0.15, 0.2) is 0 Å². The van der Waals surface area contributed by atoms with Crippen LogP contribution in [0.4, 0.5) is 0 Å². The fraction of sp³-hybridized carbons (Fsp3) is 1.00. The average molecular weight is 199 g/mol. The fourth-order valence-corrected chi connectivity index (χ4v) is 2.34. The van der Waals surface area contributed by atoms with Crippen molar-refractivity contribution in [2.75, 3.05) is 13.2 Å². The Kier molecular flexibility index (Phi) is 5.49. The SMILES string of the molecule is CC(C)C(CCO)NCC1CCCC1. The first-order valence-corrected chi connectivity index (χ1v) is 6.08. The van der Waals surface area contributed by atoms with Crippen LogP contribution in [0.2, 0.25) is 0 Å². The molecule has 14 heavy (non-hydrogen) atoms. The van der Waals surface area contributed by atoms with Gasteiger partial charge in [0.25, 0.3) is 0 Å². The predicted molar refractivity (Wildman–Crippen MR) is 60.3 cm³/mol. The third-order valence-corrected chi connectivity index (χ3v) is 3.39. The zero-order valence-corrected chi connectivity index (χ0v) is 9.63. The van der Waals surface area contributed by atoms with E-state index in [0.29, 0.717) is 18.6 Å². The van der Waals surface area contributed by atoms with Crippen LogP contribution in [0.3, 0.4) is 0 Å². The molecule has 1 rings (SSSR count). The third kappa shape index (κ3) is 3.97. The second-order valence-electron chi connectivity index (χ2n) is 4.92. The van der Waals surface area contributed by atoms with Gasteiger partial charge in [-0.15, -0.1) is 0 Å². The summed E-state index contributed by atoms with van der Waals surface area (Å²) in [5.41, 5.74) is 0. The fourth-order valence-electron chi connectivity index (χ4n) is 2.34. The molecule has 1 fully saturated rings. The average Bonchev–Trinajstić information content (AvgIpc) is 2.64. The van der Waals surface area contributed by atoms with Crippen LogP contribution >= 0.6 is 0 Å². The highest BCUT2D eigenvalue weighted by Gasteiger charge is 2.18. The van der Waals surface area contributed by atoms with E-state index in [1.807, 2.05) is 0 Å². The number of nitrogens with one attached hydrogen (secondary N) is 1. The van der Waals surface area contributed by atoms with E-state index >= 15 is 0 Å². The highest BCUT2D eigenvalue weighted by molar-refractivity contribution is 4.75. The molecule has 1 unspecified atom stereocenters. The molecule has 1 saturated carbocycles. The first-order valence-electron chi connectivity index (χ1n) is 6.08. The third-order valence-electron chi connectivity index (χ3n) is 3.39. The van der Waals surface area contributed by atoms with E-state index in [4.69, 9.17) is 5.11 Å². The largest absolute Gasteiger partial charge is 0.396 e. The van der Waals surface area contributed by atoms with Gasteiger partial charge in [-0.3, -0.25) is 0 Å². The maximum atomic E-state index is 8.94. The zero-order chi connectivity index (χ0) is 10.4. The van der Waals surface area contributed by atoms with Crippen molar-refractivity contribution in [2.24, 2.45) is 11.8 Å². The van der Waals surface area contributed by atoms with E-state index in [1.165, 1.54) is 25.7 Å². The lowest BCUT2D eigenvalue weighted by atomic mass is 10.00. The van der Waals surface area contributed by atoms with Crippen LogP contribution in [0.25, 0.3) is 0 Å². The smallest absolute Gasteiger partial charge is 0.0445 e. The van der Waals surface area contributed by atoms with E-state index in [2.05, 4.69) is 19.2 Å². The Balaban J connectivity index is 2.17. The lowest BCUT2D eigenvalue weighted by Crippen LogP contribution is -2.37. The van der Waals surface area contributed by atoms with E-state index in [-0.39, 0.29) is 0 Å². The van der Waals surface area contributed by atoms with Crippen LogP contribution in [0, 0.1) is 11.8 Å². The van der Waals surface area contributed by atoms with Gasteiger partial charge in [0.2, 0.25) is 0 Å². The summed E-state index contributed by atoms with van der Waals surface area (Å²) in [6, 6.07) is 0.501. The molecule has 1 aliphatic carbocycles. The van der Waals surface area contributed by atoms with E-state index in [1.54, 1.807) is 0 Å². The lowest BCUT2D eigenvalue weighted by Gasteiger charge is -2.23. The maximum absolute atomic E-state index is 8.94. The number of aliphatic hydroxyl groups is 1. The normalized spacial score (nSPS) is 20.6. The molecule has 0 aromatic rings. The van der Waals surface area contributed by atoms with Gasteiger partial charge >= 0.3 is 0 Å². The lowest BCUT2D eigenvalue weighted by molar-refractivity contribution is 0.240. The van der Waals surface area contributed by atoms with Gasteiger partial charge in [-0.2, -0.15) is 0 Å². The summed E-state index contributed by atoms with van der Waals surface area (Å²) in [6.45, 7) is 5.91. The minimum absolute atomic E-state index is 0.306. The molecule has 2 nitrogen and oxygen atoms in total. The van der Waals surface area contributed by atoms with Crippen molar-refractivity contribution in [1.29, 1.82) is 0 Å². The van der Waals surface area contributed by atoms with Crippen molar-refractivity contribution in [3.8, 4) is 0 Å². The summed E-state index contributed by atoms with van der Waals surface area (Å²) in [5.74, 6) is 1.53. The molecular weight excluding hydrogens is 174 g/mol. The van der Waals surface area contributed by atoms with Crippen molar-refractivity contribution >= 4 is 0 Å². The molecule has 2 heteroatoms. The molecule has 0 saturated heterocycles. The molecule has 0 radical (unpaired) electrons. The molecular formula is C12H25NO. The summed E-state index contributed by atoms with van der Waals surface area (Å²) in [7, 11) is 0. The van der Waals surface area contributed by atoms with Gasteiger partial charge in [0, 0.05) is 12.6 Å². The molecule has 0 aromatic heterocycles. The van der Waals surface area contributed by atoms with Crippen molar-refractivity contribution in [1.82, 2.24) is 5.32 Å². The second-order valence-corrected chi connectivity index (χ2v) is 4.92. The molecule has 0 heterocycles. The Hall–Kier alpha value is -0.0800. The van der Waals surface area contributed by atoms with Crippen LogP contribution in [0.5, 0.6) is 0 Å². The van der Waals surface area contributed by atoms with Gasteiger partial charge in [0.1, 0.15) is 0 Å². The topological polar surface area (TPSA) is 32.3 Å². The zero-order valence-electron chi connectivity index (χ0n) is 9.63. The first kappa shape index (κ1) is 12.0. The number of rotatable bonds is 6. The first-order chi connectivity index (χ1) is 6.74. The number of hydrogen-bond donors (Lipinski definition) is 2. The molecule has 0 bridgehead atoms. The Morgan fingerprint density at radius 1 is 1.29 bits per heavy atom. The van der Waals surface area contributed by atoms with Gasteiger partial charge in [0.15, 0.2) is 0 Å². The van der Waals surface area contributed by atoms with Crippen LogP contribution in [-0.4, -0.2) is 24.3 Å². The highest BCUT2D eigenvalue weighted by Crippen LogP contribution is 2.24. The van der Waals surface area contributed by atoms with Gasteiger partial charge in [-0.1, -0.05) is 26.7 Å². The standard InChI is InChI=1S/C12H25NO/c1-10(2)12(7-8-14)13-9-11-5-3-4-6-11/h10-14H,3-9H2,1-2H3. The monoisotopic (exact) mass is 199 g/mol. The minimum atomic E-state index is 0.306. The van der Waals surface area contributed by atoms with Crippen molar-refractivity contribution in [3.05, 3.63) is 0 Å². The molecule has 1 aliphatic rings. The van der Waals surface area contributed by atoms with E-state index < -0.39 is 0 Å². The molecule has 0 aliphatic heterocycles. The van der Waals surface area contributed by atoms with Crippen molar-refractivity contribution in [2.45, 2.75) is 52.0 Å². The van der Waals surface area contributed by atoms with Gasteiger partial charge in [-0.25, -0.2) is 0 Å². The Morgan fingerprint density at radius 3 is 2.43 bits per heavy atom. The van der Waals surface area contributed by atoms with Crippen LogP contribution in [-0.2, 0) is 0 Å². The Bertz CT molecular complexity index is 141. The predicted octanol–water partition coefficient (Wildman–Crippen LogP) is 2.17. The summed E-state index contributed by atoms with van der Waals surface area (Å²) in [6.07, 6.45) is 6.52. The Labute approximate surface area is 88.1 Å². The Morgan fingerprint density at radius 2 is 1.93 bits per heavy atom. The van der Waals surface area contributed by atoms with Crippen molar-refractivity contribution < 1.29 is 5.11 Å². The summed E-state index contributed by atoms with van der Waals surface area (Å²) in [5, 5.41) is 12.5. The molecule has 84 valence electrons. The van der Waals surface area contributed by atoms with Crippen molar-refractivity contribution in [3.63, 3.8) is 0 Å². The molecule has 2 N–H and O–H groups in total. The number of aliphatic hydroxyl groups excluding tert-OH is 1. The summed E-state index contributed by atoms with van der Waals surface area (Å²) < 4.78 is 0. The number of hydrogen-bond acceptors (Lipinski definition) is 2. The second kappa shape index (κ2) is 6.41. The quantitative estimate of drug-likeness (QED) is 0.687. The van der Waals surface area contributed by atoms with E-state index in [0.717, 1.165) is 18.9 Å². The van der Waals surface area contributed by atoms with Gasteiger partial charge in [0.05, 0.1) is 0 Å². The molecule has 0 spiro atoms. The van der Waals surface area contributed by atoms with E-state index in [9.17, 15) is 0 Å². The minimum Gasteiger partial charge on any atom is -0.396 e. The van der Waals surface area contributed by atoms with Gasteiger partial charge in [-0.05, 0) is 37.6 Å². The maximum Gasteiger partial charge on any atom is 0.0445 e. The molecule has 1 atom stereocenters. The summed E-state index contributed by atoms with van der Waals surface area (Å²) in [4.78, 5) is 0. The van der Waals surface area contributed by atoms with Gasteiger partial charge < -0.3 is 10.4 Å². The van der Waals surface area contributed by atoms with Crippen LogP contribution < -0.4 is 5.32 Å².